The van der Waals surface area contributed by atoms with Crippen molar-refractivity contribution < 1.29 is 4.74 Å². The van der Waals surface area contributed by atoms with Gasteiger partial charge in [0.15, 0.2) is 0 Å². The molecule has 0 unspecified atom stereocenters. The monoisotopic (exact) mass is 300 g/mol. The van der Waals surface area contributed by atoms with Gasteiger partial charge in [-0.25, -0.2) is 9.97 Å². The minimum atomic E-state index is 0.777. The summed E-state index contributed by atoms with van der Waals surface area (Å²) in [6.07, 6.45) is 3.31. The summed E-state index contributed by atoms with van der Waals surface area (Å²) < 4.78 is 6.79. The zero-order valence-corrected chi connectivity index (χ0v) is 11.0. The Morgan fingerprint density at radius 1 is 0.944 bits per heavy atom. The Morgan fingerprint density at radius 3 is 2.56 bits per heavy atom. The summed E-state index contributed by atoms with van der Waals surface area (Å²) in [4.78, 5) is 8.17. The van der Waals surface area contributed by atoms with E-state index in [0.29, 0.717) is 0 Å². The molecule has 88 valence electrons. The van der Waals surface area contributed by atoms with Gasteiger partial charge >= 0.3 is 0 Å². The maximum absolute atomic E-state index is 5.77. The highest BCUT2D eigenvalue weighted by Crippen LogP contribution is 2.25. The number of rotatable bonds is 2. The molecule has 1 heterocycles. The van der Waals surface area contributed by atoms with Gasteiger partial charge in [0.2, 0.25) is 0 Å². The highest BCUT2D eigenvalue weighted by molar-refractivity contribution is 9.10. The van der Waals surface area contributed by atoms with E-state index in [9.17, 15) is 0 Å². The molecule has 0 saturated heterocycles. The van der Waals surface area contributed by atoms with Crippen molar-refractivity contribution in [3.05, 3.63) is 59.5 Å². The first-order valence-corrected chi connectivity index (χ1v) is 6.24. The molecule has 3 nitrogen and oxygen atoms in total. The van der Waals surface area contributed by atoms with Gasteiger partial charge in [0, 0.05) is 16.1 Å². The summed E-state index contributed by atoms with van der Waals surface area (Å²) >= 11 is 3.39. The second kappa shape index (κ2) is 4.74. The van der Waals surface area contributed by atoms with Crippen LogP contribution in [0.4, 0.5) is 0 Å². The summed E-state index contributed by atoms with van der Waals surface area (Å²) in [5, 5.41) is 0.965. The van der Waals surface area contributed by atoms with Crippen LogP contribution in [0.1, 0.15) is 0 Å². The lowest BCUT2D eigenvalue weighted by atomic mass is 10.2. The molecule has 0 atom stereocenters. The minimum Gasteiger partial charge on any atom is -0.457 e. The molecule has 0 bridgehead atoms. The van der Waals surface area contributed by atoms with E-state index < -0.39 is 0 Å². The molecule has 0 aliphatic rings. The second-order valence-corrected chi connectivity index (χ2v) is 4.72. The van der Waals surface area contributed by atoms with E-state index in [0.717, 1.165) is 26.9 Å². The third-order valence-electron chi connectivity index (χ3n) is 2.53. The van der Waals surface area contributed by atoms with Crippen LogP contribution >= 0.6 is 15.9 Å². The number of ether oxygens (including phenoxy) is 1. The normalized spacial score (nSPS) is 10.5. The molecule has 0 fully saturated rings. The molecule has 18 heavy (non-hydrogen) atoms. The summed E-state index contributed by atoms with van der Waals surface area (Å²) in [5.41, 5.74) is 0.910. The summed E-state index contributed by atoms with van der Waals surface area (Å²) in [6.45, 7) is 0. The fraction of sp³-hybridized carbons (Fsp3) is 0. The lowest BCUT2D eigenvalue weighted by molar-refractivity contribution is 0.483. The fourth-order valence-corrected chi connectivity index (χ4v) is 1.93. The van der Waals surface area contributed by atoms with Gasteiger partial charge in [-0.15, -0.1) is 0 Å². The van der Waals surface area contributed by atoms with Crippen molar-refractivity contribution in [3.63, 3.8) is 0 Å². The fourth-order valence-electron chi connectivity index (χ4n) is 1.66. The van der Waals surface area contributed by atoms with Crippen LogP contribution < -0.4 is 4.74 Å². The number of nitrogens with zero attached hydrogens (tertiary/aromatic N) is 2. The van der Waals surface area contributed by atoms with Gasteiger partial charge in [0.25, 0.3) is 0 Å². The molecule has 0 saturated carbocycles. The molecule has 0 radical (unpaired) electrons. The average molecular weight is 301 g/mol. The molecule has 2 aromatic carbocycles. The van der Waals surface area contributed by atoms with Crippen LogP contribution in [0, 0.1) is 0 Å². The van der Waals surface area contributed by atoms with Crippen molar-refractivity contribution in [2.75, 3.05) is 0 Å². The molecular formula is C14H9BrN2O. The minimum absolute atomic E-state index is 0.777. The van der Waals surface area contributed by atoms with Crippen molar-refractivity contribution >= 4 is 26.8 Å². The molecule has 0 amide bonds. The smallest absolute Gasteiger partial charge is 0.128 e. The van der Waals surface area contributed by atoms with Gasteiger partial charge in [0.1, 0.15) is 17.8 Å². The Morgan fingerprint density at radius 2 is 1.72 bits per heavy atom. The summed E-state index contributed by atoms with van der Waals surface area (Å²) in [5.74, 6) is 1.58. The van der Waals surface area contributed by atoms with Crippen LogP contribution in [-0.4, -0.2) is 9.97 Å². The van der Waals surface area contributed by atoms with Crippen molar-refractivity contribution in [1.82, 2.24) is 9.97 Å². The maximum atomic E-state index is 5.77. The number of halogens is 1. The van der Waals surface area contributed by atoms with E-state index in [1.165, 1.54) is 6.33 Å². The van der Waals surface area contributed by atoms with Crippen LogP contribution in [0.25, 0.3) is 10.9 Å². The molecule has 0 aliphatic carbocycles. The third-order valence-corrected chi connectivity index (χ3v) is 3.05. The lowest BCUT2D eigenvalue weighted by Gasteiger charge is -2.06. The van der Waals surface area contributed by atoms with Crippen LogP contribution in [0.15, 0.2) is 59.5 Å². The zero-order chi connectivity index (χ0) is 12.4. The Labute approximate surface area is 113 Å². The highest BCUT2D eigenvalue weighted by Gasteiger charge is 2.00. The first kappa shape index (κ1) is 11.2. The highest BCUT2D eigenvalue weighted by atomic mass is 79.9. The lowest BCUT2D eigenvalue weighted by Crippen LogP contribution is -1.85. The summed E-state index contributed by atoms with van der Waals surface area (Å²) in [6, 6.07) is 13.5. The van der Waals surface area contributed by atoms with Crippen molar-refractivity contribution in [2.24, 2.45) is 0 Å². The van der Waals surface area contributed by atoms with Gasteiger partial charge in [-0.1, -0.05) is 15.9 Å². The van der Waals surface area contributed by atoms with Gasteiger partial charge < -0.3 is 4.74 Å². The third kappa shape index (κ3) is 2.33. The van der Waals surface area contributed by atoms with E-state index in [2.05, 4.69) is 25.9 Å². The number of hydrogen-bond donors (Lipinski definition) is 0. The van der Waals surface area contributed by atoms with Gasteiger partial charge in [-0.2, -0.15) is 0 Å². The Hall–Kier alpha value is -1.94. The maximum Gasteiger partial charge on any atom is 0.128 e. The second-order valence-electron chi connectivity index (χ2n) is 3.80. The van der Waals surface area contributed by atoms with E-state index in [1.807, 2.05) is 42.5 Å². The average Bonchev–Trinajstić information content (AvgIpc) is 2.41. The Balaban J connectivity index is 1.92. The van der Waals surface area contributed by atoms with Crippen LogP contribution in [-0.2, 0) is 0 Å². The van der Waals surface area contributed by atoms with Gasteiger partial charge in [0.05, 0.1) is 5.52 Å². The molecule has 0 aliphatic heterocycles. The van der Waals surface area contributed by atoms with Crippen molar-refractivity contribution in [3.8, 4) is 11.5 Å². The van der Waals surface area contributed by atoms with Crippen molar-refractivity contribution in [1.29, 1.82) is 0 Å². The molecule has 3 aromatic rings. The van der Waals surface area contributed by atoms with E-state index >= 15 is 0 Å². The summed E-state index contributed by atoms with van der Waals surface area (Å²) in [7, 11) is 0. The number of benzene rings is 2. The first-order chi connectivity index (χ1) is 8.81. The molecule has 4 heteroatoms. The SMILES string of the molecule is Brc1ccc(Oc2ccc3ncncc3c2)cc1. The Kier molecular flexibility index (Phi) is 2.94. The van der Waals surface area contributed by atoms with E-state index in [4.69, 9.17) is 4.74 Å². The van der Waals surface area contributed by atoms with Crippen LogP contribution in [0.3, 0.4) is 0 Å². The molecule has 0 N–H and O–H groups in total. The van der Waals surface area contributed by atoms with Crippen LogP contribution in [0.2, 0.25) is 0 Å². The topological polar surface area (TPSA) is 35.0 Å². The zero-order valence-electron chi connectivity index (χ0n) is 9.38. The number of aromatic nitrogens is 2. The van der Waals surface area contributed by atoms with Crippen molar-refractivity contribution in [2.45, 2.75) is 0 Å². The van der Waals surface area contributed by atoms with Gasteiger partial charge in [-0.3, -0.25) is 0 Å². The predicted molar refractivity (Wildman–Crippen MR) is 73.8 cm³/mol. The molecule has 0 spiro atoms. The number of fused-ring (bicyclic) bond motifs is 1. The quantitative estimate of drug-likeness (QED) is 0.712. The van der Waals surface area contributed by atoms with Gasteiger partial charge in [-0.05, 0) is 42.5 Å². The first-order valence-electron chi connectivity index (χ1n) is 5.44. The molecular weight excluding hydrogens is 292 g/mol. The standard InChI is InChI=1S/C14H9BrN2O/c15-11-1-3-12(4-2-11)18-13-5-6-14-10(7-13)8-16-9-17-14/h1-9H. The van der Waals surface area contributed by atoms with E-state index in [1.54, 1.807) is 6.20 Å². The molecule has 3 rings (SSSR count). The largest absolute Gasteiger partial charge is 0.457 e. The molecule has 1 aromatic heterocycles. The van der Waals surface area contributed by atoms with Crippen LogP contribution in [0.5, 0.6) is 11.5 Å². The predicted octanol–water partition coefficient (Wildman–Crippen LogP) is 4.18. The van der Waals surface area contributed by atoms with E-state index in [-0.39, 0.29) is 0 Å². The Bertz CT molecular complexity index is 683. The number of hydrogen-bond acceptors (Lipinski definition) is 3.